The summed E-state index contributed by atoms with van der Waals surface area (Å²) in [6.07, 6.45) is 6.15. The number of nitrogens with zero attached hydrogens (tertiary/aromatic N) is 2. The Morgan fingerprint density at radius 1 is 0.895 bits per heavy atom. The first-order valence-electron chi connectivity index (χ1n) is 7.34. The monoisotopic (exact) mass is 268 g/mol. The number of likely N-dealkylation sites (tertiary alicyclic amines) is 2. The summed E-state index contributed by atoms with van der Waals surface area (Å²) in [6, 6.07) is 0.158. The van der Waals surface area contributed by atoms with E-state index in [0.29, 0.717) is 13.1 Å². The lowest BCUT2D eigenvalue weighted by atomic mass is 9.97. The Labute approximate surface area is 114 Å². The van der Waals surface area contributed by atoms with Crippen molar-refractivity contribution in [3.8, 4) is 0 Å². The van der Waals surface area contributed by atoms with Crippen molar-refractivity contribution in [2.75, 3.05) is 33.3 Å². The molecule has 2 rings (SSSR count). The van der Waals surface area contributed by atoms with Crippen LogP contribution in [0.2, 0.25) is 0 Å². The second kappa shape index (κ2) is 6.78. The number of hydrogen-bond donors (Lipinski definition) is 0. The van der Waals surface area contributed by atoms with Crippen LogP contribution in [0.3, 0.4) is 0 Å². The van der Waals surface area contributed by atoms with Gasteiger partial charge in [0.2, 0.25) is 0 Å². The van der Waals surface area contributed by atoms with E-state index in [1.807, 2.05) is 9.80 Å². The van der Waals surface area contributed by atoms with Gasteiger partial charge in [-0.25, -0.2) is 4.79 Å². The molecule has 2 saturated heterocycles. The van der Waals surface area contributed by atoms with Gasteiger partial charge in [0.05, 0.1) is 13.0 Å². The van der Waals surface area contributed by atoms with Crippen LogP contribution in [-0.4, -0.2) is 55.1 Å². The molecule has 0 saturated carbocycles. The highest BCUT2D eigenvalue weighted by molar-refractivity contribution is 5.76. The molecule has 2 fully saturated rings. The van der Waals surface area contributed by atoms with Crippen LogP contribution in [0.1, 0.15) is 38.5 Å². The van der Waals surface area contributed by atoms with Gasteiger partial charge in [-0.15, -0.1) is 0 Å². The van der Waals surface area contributed by atoms with Crippen molar-refractivity contribution in [3.05, 3.63) is 0 Å². The van der Waals surface area contributed by atoms with Gasteiger partial charge in [0.1, 0.15) is 0 Å². The molecule has 5 nitrogen and oxygen atoms in total. The number of amides is 2. The van der Waals surface area contributed by atoms with Crippen LogP contribution in [0, 0.1) is 5.92 Å². The number of hydrogen-bond acceptors (Lipinski definition) is 3. The second-order valence-electron chi connectivity index (χ2n) is 5.47. The van der Waals surface area contributed by atoms with Gasteiger partial charge in [0.25, 0.3) is 0 Å². The van der Waals surface area contributed by atoms with E-state index in [1.54, 1.807) is 0 Å². The minimum absolute atomic E-state index is 0.0295. The topological polar surface area (TPSA) is 49.9 Å². The molecule has 2 heterocycles. The van der Waals surface area contributed by atoms with Crippen molar-refractivity contribution in [3.63, 3.8) is 0 Å². The molecule has 0 aromatic heterocycles. The lowest BCUT2D eigenvalue weighted by molar-refractivity contribution is -0.146. The van der Waals surface area contributed by atoms with Crippen molar-refractivity contribution in [2.45, 2.75) is 38.5 Å². The number of esters is 1. The molecule has 0 spiro atoms. The zero-order chi connectivity index (χ0) is 13.7. The van der Waals surface area contributed by atoms with Gasteiger partial charge in [0.15, 0.2) is 0 Å². The number of carbonyl (C=O) groups is 2. The maximum atomic E-state index is 12.4. The molecule has 0 atom stereocenters. The van der Waals surface area contributed by atoms with E-state index in [-0.39, 0.29) is 17.9 Å². The Kier molecular flexibility index (Phi) is 5.05. The standard InChI is InChI=1S/C14H24N2O3/c1-19-13(17)12-6-10-16(11-7-12)14(18)15-8-4-2-3-5-9-15/h12H,2-11H2,1H3. The number of carbonyl (C=O) groups excluding carboxylic acids is 2. The third-order valence-electron chi connectivity index (χ3n) is 4.18. The fourth-order valence-electron chi connectivity index (χ4n) is 2.94. The first kappa shape index (κ1) is 14.2. The first-order valence-corrected chi connectivity index (χ1v) is 7.34. The van der Waals surface area contributed by atoms with Gasteiger partial charge >= 0.3 is 12.0 Å². The Balaban J connectivity index is 1.83. The predicted molar refractivity (Wildman–Crippen MR) is 71.8 cm³/mol. The molecular weight excluding hydrogens is 244 g/mol. The van der Waals surface area contributed by atoms with Crippen molar-refractivity contribution < 1.29 is 14.3 Å². The zero-order valence-corrected chi connectivity index (χ0v) is 11.8. The van der Waals surface area contributed by atoms with E-state index in [0.717, 1.165) is 38.8 Å². The van der Waals surface area contributed by atoms with Gasteiger partial charge in [-0.3, -0.25) is 4.79 Å². The smallest absolute Gasteiger partial charge is 0.319 e. The van der Waals surface area contributed by atoms with Gasteiger partial charge in [-0.1, -0.05) is 12.8 Å². The zero-order valence-electron chi connectivity index (χ0n) is 11.8. The Hall–Kier alpha value is -1.26. The van der Waals surface area contributed by atoms with Gasteiger partial charge in [-0.2, -0.15) is 0 Å². The molecule has 0 N–H and O–H groups in total. The predicted octanol–water partition coefficient (Wildman–Crippen LogP) is 1.87. The quantitative estimate of drug-likeness (QED) is 0.682. The molecule has 0 aliphatic carbocycles. The third kappa shape index (κ3) is 3.61. The fourth-order valence-corrected chi connectivity index (χ4v) is 2.94. The van der Waals surface area contributed by atoms with Crippen LogP contribution >= 0.6 is 0 Å². The van der Waals surface area contributed by atoms with Gasteiger partial charge in [0, 0.05) is 26.2 Å². The summed E-state index contributed by atoms with van der Waals surface area (Å²) in [6.45, 7) is 3.12. The first-order chi connectivity index (χ1) is 9.22. The number of piperidine rings is 1. The largest absolute Gasteiger partial charge is 0.469 e. The molecule has 2 amide bonds. The average molecular weight is 268 g/mol. The molecule has 108 valence electrons. The molecule has 0 bridgehead atoms. The summed E-state index contributed by atoms with van der Waals surface area (Å²) in [5.74, 6) is -0.167. The summed E-state index contributed by atoms with van der Waals surface area (Å²) in [5.41, 5.74) is 0. The van der Waals surface area contributed by atoms with Gasteiger partial charge < -0.3 is 14.5 Å². The summed E-state index contributed by atoms with van der Waals surface area (Å²) in [7, 11) is 1.43. The van der Waals surface area contributed by atoms with Crippen molar-refractivity contribution in [1.82, 2.24) is 9.80 Å². The van der Waals surface area contributed by atoms with Gasteiger partial charge in [-0.05, 0) is 25.7 Å². The molecule has 2 aliphatic heterocycles. The van der Waals surface area contributed by atoms with Crippen LogP contribution in [0.15, 0.2) is 0 Å². The Morgan fingerprint density at radius 3 is 1.95 bits per heavy atom. The van der Waals surface area contributed by atoms with Crippen LogP contribution in [0.25, 0.3) is 0 Å². The lowest BCUT2D eigenvalue weighted by Crippen LogP contribution is -2.47. The fraction of sp³-hybridized carbons (Fsp3) is 0.857. The number of ether oxygens (including phenoxy) is 1. The minimum atomic E-state index is -0.137. The SMILES string of the molecule is COC(=O)C1CCN(C(=O)N2CCCCCC2)CC1. The normalized spacial score (nSPS) is 21.9. The molecule has 0 aromatic carbocycles. The van der Waals surface area contributed by atoms with Crippen molar-refractivity contribution in [2.24, 2.45) is 5.92 Å². The Morgan fingerprint density at radius 2 is 1.42 bits per heavy atom. The number of urea groups is 1. The molecule has 2 aliphatic rings. The summed E-state index contributed by atoms with van der Waals surface area (Å²) >= 11 is 0. The molecule has 0 aromatic rings. The Bertz CT molecular complexity index is 317. The summed E-state index contributed by atoms with van der Waals surface area (Å²) in [4.78, 5) is 27.7. The number of methoxy groups -OCH3 is 1. The van der Waals surface area contributed by atoms with Crippen molar-refractivity contribution >= 4 is 12.0 Å². The maximum Gasteiger partial charge on any atom is 0.319 e. The molecule has 0 radical (unpaired) electrons. The van der Waals surface area contributed by atoms with Crippen LogP contribution < -0.4 is 0 Å². The van der Waals surface area contributed by atoms with E-state index in [4.69, 9.17) is 4.74 Å². The van der Waals surface area contributed by atoms with E-state index in [1.165, 1.54) is 20.0 Å². The van der Waals surface area contributed by atoms with Crippen LogP contribution in [0.4, 0.5) is 4.79 Å². The highest BCUT2D eigenvalue weighted by Crippen LogP contribution is 2.20. The highest BCUT2D eigenvalue weighted by Gasteiger charge is 2.30. The van der Waals surface area contributed by atoms with Crippen molar-refractivity contribution in [1.29, 1.82) is 0 Å². The van der Waals surface area contributed by atoms with Crippen LogP contribution in [-0.2, 0) is 9.53 Å². The highest BCUT2D eigenvalue weighted by atomic mass is 16.5. The summed E-state index contributed by atoms with van der Waals surface area (Å²) in [5, 5.41) is 0. The molecular formula is C14H24N2O3. The lowest BCUT2D eigenvalue weighted by Gasteiger charge is -2.34. The average Bonchev–Trinajstić information content (AvgIpc) is 2.75. The summed E-state index contributed by atoms with van der Waals surface area (Å²) < 4.78 is 4.77. The van der Waals surface area contributed by atoms with E-state index < -0.39 is 0 Å². The van der Waals surface area contributed by atoms with E-state index in [9.17, 15) is 9.59 Å². The van der Waals surface area contributed by atoms with Crippen LogP contribution in [0.5, 0.6) is 0 Å². The molecule has 19 heavy (non-hydrogen) atoms. The molecule has 0 unspecified atom stereocenters. The maximum absolute atomic E-state index is 12.4. The minimum Gasteiger partial charge on any atom is -0.469 e. The van der Waals surface area contributed by atoms with E-state index in [2.05, 4.69) is 0 Å². The third-order valence-corrected chi connectivity index (χ3v) is 4.18. The van der Waals surface area contributed by atoms with E-state index >= 15 is 0 Å². The second-order valence-corrected chi connectivity index (χ2v) is 5.47. The molecule has 5 heteroatoms. The number of rotatable bonds is 1.